The number of hydrogen-bond acceptors (Lipinski definition) is 2. The van der Waals surface area contributed by atoms with Crippen LogP contribution in [0.2, 0.25) is 0 Å². The Hall–Kier alpha value is 0.599. The van der Waals surface area contributed by atoms with E-state index in [1.54, 1.807) is 0 Å². The normalized spacial score (nSPS) is 5.25. The third-order valence-corrected chi connectivity index (χ3v) is 0. The van der Waals surface area contributed by atoms with E-state index in [1.165, 1.54) is 0 Å². The minimum Gasteiger partial charge on any atom is -0.412 e. The van der Waals surface area contributed by atoms with Gasteiger partial charge in [-0.1, -0.05) is 0 Å². The third-order valence-electron chi connectivity index (χ3n) is 0. The van der Waals surface area contributed by atoms with Crippen molar-refractivity contribution in [3.63, 3.8) is 0 Å². The Labute approximate surface area is 59.5 Å². The molecule has 0 amide bonds. The Morgan fingerprint density at radius 3 is 1.00 bits per heavy atom. The Morgan fingerprint density at radius 2 is 1.00 bits per heavy atom. The first kappa shape index (κ1) is 23.5. The van der Waals surface area contributed by atoms with Gasteiger partial charge in [0.15, 0.2) is 0 Å². The van der Waals surface area contributed by atoms with E-state index in [2.05, 4.69) is 0 Å². The SMILES string of the molecule is O.O=PO.O=PO.[Mn]. The minimum absolute atomic E-state index is 0. The average Bonchev–Trinajstić information content (AvgIpc) is 1.39. The predicted octanol–water partition coefficient (Wildman–Crippen LogP) is -0.456. The maximum Gasteiger partial charge on any atom is 0.324 e. The smallest absolute Gasteiger partial charge is 0.324 e. The van der Waals surface area contributed by atoms with Gasteiger partial charge in [0.1, 0.15) is 0 Å². The molecule has 51 valence electrons. The molecule has 0 rings (SSSR count). The summed E-state index contributed by atoms with van der Waals surface area (Å²) in [6.07, 6.45) is 0. The molecular weight excluding hydrogens is 197 g/mol. The third kappa shape index (κ3) is 576. The average molecular weight is 201 g/mol. The van der Waals surface area contributed by atoms with Gasteiger partial charge in [-0.3, -0.25) is 0 Å². The maximum absolute atomic E-state index is 8.46. The number of rotatable bonds is 0. The van der Waals surface area contributed by atoms with Crippen LogP contribution in [0.15, 0.2) is 0 Å². The van der Waals surface area contributed by atoms with Crippen LogP contribution in [0.25, 0.3) is 0 Å². The van der Waals surface area contributed by atoms with Crippen LogP contribution in [0.4, 0.5) is 0 Å². The number of hydrogen-bond donors (Lipinski definition) is 2. The molecule has 0 fully saturated rings. The summed E-state index contributed by atoms with van der Waals surface area (Å²) in [5.41, 5.74) is 0. The van der Waals surface area contributed by atoms with E-state index in [-0.39, 0.29) is 22.5 Å². The van der Waals surface area contributed by atoms with E-state index in [9.17, 15) is 0 Å². The summed E-state index contributed by atoms with van der Waals surface area (Å²) < 4.78 is 16.9. The minimum atomic E-state index is -0.833. The summed E-state index contributed by atoms with van der Waals surface area (Å²) in [5, 5.41) is 0. The van der Waals surface area contributed by atoms with Crippen molar-refractivity contribution in [2.75, 3.05) is 0 Å². The van der Waals surface area contributed by atoms with E-state index in [0.717, 1.165) is 0 Å². The first-order valence-electron chi connectivity index (χ1n) is 0.765. The van der Waals surface area contributed by atoms with Crippen LogP contribution in [-0.4, -0.2) is 15.3 Å². The summed E-state index contributed by atoms with van der Waals surface area (Å²) in [6.45, 7) is 0. The molecule has 0 unspecified atom stereocenters. The molecule has 0 aromatic heterocycles. The Morgan fingerprint density at radius 1 is 1.00 bits per heavy atom. The molecule has 0 aromatic rings. The van der Waals surface area contributed by atoms with Crippen LogP contribution >= 0.6 is 17.4 Å². The van der Waals surface area contributed by atoms with E-state index in [0.29, 0.717) is 0 Å². The van der Waals surface area contributed by atoms with Gasteiger partial charge < -0.3 is 15.3 Å². The first-order chi connectivity index (χ1) is 2.83. The summed E-state index contributed by atoms with van der Waals surface area (Å²) >= 11 is 0. The molecule has 0 aliphatic carbocycles. The van der Waals surface area contributed by atoms with E-state index >= 15 is 0 Å². The van der Waals surface area contributed by atoms with Gasteiger partial charge in [0.25, 0.3) is 0 Å². The second kappa shape index (κ2) is 49.0. The fraction of sp³-hybridized carbons (Fsp3) is 0. The zero-order chi connectivity index (χ0) is 5.41. The largest absolute Gasteiger partial charge is 0.412 e. The summed E-state index contributed by atoms with van der Waals surface area (Å²) in [4.78, 5) is 14.0. The first-order valence-corrected chi connectivity index (χ1v) is 2.30. The molecule has 5 nitrogen and oxygen atoms in total. The maximum atomic E-state index is 8.46. The molecule has 0 heterocycles. The van der Waals surface area contributed by atoms with Gasteiger partial charge in [0.2, 0.25) is 0 Å². The van der Waals surface area contributed by atoms with Crippen molar-refractivity contribution in [3.05, 3.63) is 0 Å². The fourth-order valence-corrected chi connectivity index (χ4v) is 0. The Balaban J connectivity index is -0.0000000160. The molecule has 4 N–H and O–H groups in total. The van der Waals surface area contributed by atoms with Crippen LogP contribution in [0, 0.1) is 0 Å². The molecule has 0 bridgehead atoms. The van der Waals surface area contributed by atoms with Crippen molar-refractivity contribution >= 4 is 17.4 Å². The standard InChI is InChI=1S/Mn.2HO2P.H2O/c;2*1-3-2;/h;2*(H,1,2);1H2. The van der Waals surface area contributed by atoms with Crippen LogP contribution in [0.5, 0.6) is 0 Å². The van der Waals surface area contributed by atoms with Gasteiger partial charge >= 0.3 is 17.4 Å². The molecule has 0 spiro atoms. The topological polar surface area (TPSA) is 106 Å². The molecule has 0 saturated carbocycles. The Kier molecular flexibility index (Phi) is 144. The van der Waals surface area contributed by atoms with Crippen molar-refractivity contribution in [2.24, 2.45) is 0 Å². The fourth-order valence-electron chi connectivity index (χ4n) is 0. The molecule has 1 radical (unpaired) electrons. The van der Waals surface area contributed by atoms with Gasteiger partial charge in [0, 0.05) is 17.1 Å². The molecule has 0 aromatic carbocycles. The molecule has 0 aliphatic heterocycles. The van der Waals surface area contributed by atoms with Crippen LogP contribution < -0.4 is 0 Å². The van der Waals surface area contributed by atoms with Crippen LogP contribution in [0.3, 0.4) is 0 Å². The zero-order valence-corrected chi connectivity index (χ0v) is 6.45. The van der Waals surface area contributed by atoms with Crippen LogP contribution in [-0.2, 0) is 26.2 Å². The predicted molar refractivity (Wildman–Crippen MR) is 23.3 cm³/mol. The van der Waals surface area contributed by atoms with Crippen LogP contribution in [0.1, 0.15) is 0 Å². The summed E-state index contributed by atoms with van der Waals surface area (Å²) in [6, 6.07) is 0. The molecule has 8 heteroatoms. The van der Waals surface area contributed by atoms with Gasteiger partial charge in [-0.15, -0.1) is 0 Å². The van der Waals surface area contributed by atoms with Crippen molar-refractivity contribution in [2.45, 2.75) is 0 Å². The molecular formula is H4MnO5P2. The monoisotopic (exact) mass is 201 g/mol. The molecule has 0 aliphatic rings. The van der Waals surface area contributed by atoms with Crippen molar-refractivity contribution in [3.8, 4) is 0 Å². The van der Waals surface area contributed by atoms with Gasteiger partial charge in [-0.25, -0.2) is 9.13 Å². The second-order valence-corrected chi connectivity index (χ2v) is 0.490. The van der Waals surface area contributed by atoms with Crippen molar-refractivity contribution in [1.29, 1.82) is 0 Å². The Bertz CT molecular complexity index is 31.4. The summed E-state index contributed by atoms with van der Waals surface area (Å²) in [7, 11) is -1.67. The van der Waals surface area contributed by atoms with Crippen molar-refractivity contribution in [1.82, 2.24) is 0 Å². The molecule has 8 heavy (non-hydrogen) atoms. The van der Waals surface area contributed by atoms with Gasteiger partial charge in [0.05, 0.1) is 0 Å². The quantitative estimate of drug-likeness (QED) is 0.408. The van der Waals surface area contributed by atoms with Crippen molar-refractivity contribution < 1.29 is 41.5 Å². The molecule has 0 saturated heterocycles. The van der Waals surface area contributed by atoms with Gasteiger partial charge in [-0.2, -0.15) is 0 Å². The van der Waals surface area contributed by atoms with Gasteiger partial charge in [-0.05, 0) is 0 Å². The summed E-state index contributed by atoms with van der Waals surface area (Å²) in [5.74, 6) is 0. The zero-order valence-electron chi connectivity index (χ0n) is 3.48. The van der Waals surface area contributed by atoms with E-state index in [4.69, 9.17) is 18.9 Å². The molecule has 0 atom stereocenters. The van der Waals surface area contributed by atoms with E-state index in [1.807, 2.05) is 0 Å². The van der Waals surface area contributed by atoms with E-state index < -0.39 is 17.4 Å². The second-order valence-electron chi connectivity index (χ2n) is 0.163.